The molecule has 30 heavy (non-hydrogen) atoms. The number of hydrogen-bond donors (Lipinski definition) is 0. The zero-order valence-electron chi connectivity index (χ0n) is 15.6. The van der Waals surface area contributed by atoms with Crippen LogP contribution >= 0.6 is 11.6 Å². The molecule has 164 valence electrons. The Hall–Kier alpha value is -2.75. The maximum Gasteiger partial charge on any atom is 0.485 e. The van der Waals surface area contributed by atoms with Gasteiger partial charge < -0.3 is 18.8 Å². The predicted molar refractivity (Wildman–Crippen MR) is 101 cm³/mol. The van der Waals surface area contributed by atoms with Crippen LogP contribution in [0.5, 0.6) is 23.0 Å². The lowest BCUT2D eigenvalue weighted by Gasteiger charge is -2.12. The van der Waals surface area contributed by atoms with E-state index >= 15 is 0 Å². The molecule has 0 aliphatic heterocycles. The lowest BCUT2D eigenvalue weighted by Crippen LogP contribution is -2.21. The molecule has 0 spiro atoms. The average Bonchev–Trinajstić information content (AvgIpc) is 2.64. The molecule has 0 atom stereocenters. The van der Waals surface area contributed by atoms with Gasteiger partial charge in [0.2, 0.25) is 11.1 Å². The van der Waals surface area contributed by atoms with Crippen molar-refractivity contribution in [2.24, 2.45) is 0 Å². The molecule has 2 aromatic rings. The number of rotatable bonds is 6. The highest BCUT2D eigenvalue weighted by molar-refractivity contribution is 7.86. The minimum absolute atomic E-state index is 0.286. The highest BCUT2D eigenvalue weighted by Gasteiger charge is 2.36. The Bertz CT molecular complexity index is 992. The predicted octanol–water partition coefficient (Wildman–Crippen LogP) is 5.47. The molecule has 0 N–H and O–H groups in total. The summed E-state index contributed by atoms with van der Waals surface area (Å²) >= 11 is 5.86. The van der Waals surface area contributed by atoms with Crippen LogP contribution in [0.15, 0.2) is 36.4 Å². The van der Waals surface area contributed by atoms with Gasteiger partial charge in [-0.1, -0.05) is 11.6 Å². The highest BCUT2D eigenvalue weighted by Crippen LogP contribution is 2.41. The van der Waals surface area contributed by atoms with E-state index in [1.54, 1.807) is 36.4 Å². The molecule has 0 amide bonds. The first kappa shape index (κ1) is 25.3. The van der Waals surface area contributed by atoms with Crippen LogP contribution in [-0.4, -0.2) is 31.7 Å². The molecule has 0 aromatic heterocycles. The monoisotopic (exact) mass is 468 g/mol. The Morgan fingerprint density at radius 3 is 1.97 bits per heavy atom. The minimum atomic E-state index is -6.09. The molecule has 0 aliphatic rings. The van der Waals surface area contributed by atoms with Crippen molar-refractivity contribution >= 4 is 27.4 Å². The number of diazo groups is 1. The van der Waals surface area contributed by atoms with Gasteiger partial charge >= 0.3 is 11.2 Å². The maximum absolute atomic E-state index is 10.7. The first-order valence-electron chi connectivity index (χ1n) is 8.17. The topological polar surface area (TPSA) is 113 Å². The van der Waals surface area contributed by atoms with Crippen LogP contribution in [0.1, 0.15) is 13.8 Å². The number of nitrogens with zero attached hydrogens (tertiary/aromatic N) is 2. The fourth-order valence-corrected chi connectivity index (χ4v) is 1.98. The van der Waals surface area contributed by atoms with Gasteiger partial charge in [0, 0.05) is 11.1 Å². The Labute approximate surface area is 175 Å². The molecule has 0 saturated carbocycles. The van der Waals surface area contributed by atoms with Gasteiger partial charge in [0.25, 0.3) is 0 Å². The van der Waals surface area contributed by atoms with Crippen LogP contribution in [0.25, 0.3) is 4.98 Å². The fourth-order valence-electron chi connectivity index (χ4n) is 1.86. The minimum Gasteiger partial charge on any atom is -0.741 e. The molecule has 0 fully saturated rings. The van der Waals surface area contributed by atoms with Gasteiger partial charge in [-0.2, -0.15) is 13.2 Å². The highest BCUT2D eigenvalue weighted by atomic mass is 35.5. The third-order valence-electron chi connectivity index (χ3n) is 3.06. The smallest absolute Gasteiger partial charge is 0.485 e. The van der Waals surface area contributed by atoms with E-state index in [-0.39, 0.29) is 5.69 Å². The number of halogens is 4. The molecular weight excluding hydrogens is 453 g/mol. The Kier molecular flexibility index (Phi) is 9.16. The summed E-state index contributed by atoms with van der Waals surface area (Å²) in [6.45, 7) is 4.60. The molecule has 0 unspecified atom stereocenters. The summed E-state index contributed by atoms with van der Waals surface area (Å²) in [4.78, 5) is 3.21. The van der Waals surface area contributed by atoms with Crippen molar-refractivity contribution in [1.82, 2.24) is 0 Å². The molecule has 2 aromatic carbocycles. The molecule has 0 aliphatic carbocycles. The van der Waals surface area contributed by atoms with Crippen molar-refractivity contribution < 1.29 is 40.4 Å². The second-order valence-corrected chi connectivity index (χ2v) is 7.00. The van der Waals surface area contributed by atoms with Gasteiger partial charge in [-0.3, -0.25) is 0 Å². The van der Waals surface area contributed by atoms with E-state index in [0.717, 1.165) is 0 Å². The van der Waals surface area contributed by atoms with Gasteiger partial charge in [0.15, 0.2) is 26.6 Å². The van der Waals surface area contributed by atoms with E-state index in [0.29, 0.717) is 41.2 Å². The van der Waals surface area contributed by atoms with Crippen LogP contribution in [0, 0.1) is 5.39 Å². The van der Waals surface area contributed by atoms with Gasteiger partial charge in [-0.05, 0) is 38.1 Å². The Balaban J connectivity index is 0.000000479. The zero-order valence-corrected chi connectivity index (χ0v) is 17.2. The van der Waals surface area contributed by atoms with Crippen LogP contribution in [0.3, 0.4) is 0 Å². The number of ether oxygens (including phenoxy) is 3. The average molecular weight is 469 g/mol. The second kappa shape index (κ2) is 10.9. The number of alkyl halides is 3. The molecule has 0 bridgehead atoms. The van der Waals surface area contributed by atoms with Crippen molar-refractivity contribution in [3.05, 3.63) is 46.4 Å². The Morgan fingerprint density at radius 2 is 1.53 bits per heavy atom. The van der Waals surface area contributed by atoms with Crippen LogP contribution < -0.4 is 14.2 Å². The standard InChI is InChI=1S/C16H16ClN2O3.CHF3O3S/c1-3-20-14-10-16(15(21-4-2)9-13(14)19-18)22-12-7-5-11(17)6-8-12;2-1(3,4)8(5,6)7/h5-10H,3-4H2,1-2H3;(H,5,6,7)/q+1;/p-1. The second-order valence-electron chi connectivity index (χ2n) is 5.19. The largest absolute Gasteiger partial charge is 0.741 e. The van der Waals surface area contributed by atoms with Crippen LogP contribution in [-0.2, 0) is 10.1 Å². The quantitative estimate of drug-likeness (QED) is 0.314. The molecule has 0 radical (unpaired) electrons. The summed E-state index contributed by atoms with van der Waals surface area (Å²) in [6.07, 6.45) is 0. The molecular formula is C17H16ClF3N2O6S. The van der Waals surface area contributed by atoms with Gasteiger partial charge in [0.1, 0.15) is 5.75 Å². The van der Waals surface area contributed by atoms with E-state index in [4.69, 9.17) is 44.2 Å². The molecule has 0 heterocycles. The summed E-state index contributed by atoms with van der Waals surface area (Å²) in [6, 6.07) is 10.2. The van der Waals surface area contributed by atoms with Gasteiger partial charge in [-0.15, -0.1) is 0 Å². The summed E-state index contributed by atoms with van der Waals surface area (Å²) in [7, 11) is -6.09. The first-order valence-corrected chi connectivity index (χ1v) is 9.95. The van der Waals surface area contributed by atoms with Crippen molar-refractivity contribution in [3.8, 4) is 23.0 Å². The fraction of sp³-hybridized carbons (Fsp3) is 0.294. The summed E-state index contributed by atoms with van der Waals surface area (Å²) < 4.78 is 75.7. The zero-order chi connectivity index (χ0) is 22.9. The normalized spacial score (nSPS) is 11.0. The number of benzene rings is 2. The van der Waals surface area contributed by atoms with Gasteiger partial charge in [0.05, 0.1) is 19.3 Å². The lowest BCUT2D eigenvalue weighted by atomic mass is 10.2. The van der Waals surface area contributed by atoms with Crippen molar-refractivity contribution in [2.45, 2.75) is 19.4 Å². The van der Waals surface area contributed by atoms with Crippen molar-refractivity contribution in [3.63, 3.8) is 0 Å². The van der Waals surface area contributed by atoms with Crippen molar-refractivity contribution in [2.75, 3.05) is 13.2 Å². The molecule has 2 rings (SSSR count). The van der Waals surface area contributed by atoms with E-state index < -0.39 is 15.6 Å². The number of hydrogen-bond acceptors (Lipinski definition) is 7. The Morgan fingerprint density at radius 1 is 1.03 bits per heavy atom. The first-order chi connectivity index (χ1) is 13.9. The maximum atomic E-state index is 10.7. The summed E-state index contributed by atoms with van der Waals surface area (Å²) in [5.41, 5.74) is -5.36. The lowest BCUT2D eigenvalue weighted by molar-refractivity contribution is -0.0517. The third-order valence-corrected chi connectivity index (χ3v) is 3.88. The van der Waals surface area contributed by atoms with Gasteiger partial charge in [-0.25, -0.2) is 8.42 Å². The summed E-state index contributed by atoms with van der Waals surface area (Å²) in [5, 5.41) is 9.71. The van der Waals surface area contributed by atoms with E-state index in [9.17, 15) is 13.2 Å². The van der Waals surface area contributed by atoms with Crippen LogP contribution in [0.4, 0.5) is 18.9 Å². The molecule has 13 heteroatoms. The summed E-state index contributed by atoms with van der Waals surface area (Å²) in [5.74, 6) is 1.97. The van der Waals surface area contributed by atoms with E-state index in [1.807, 2.05) is 13.8 Å². The van der Waals surface area contributed by atoms with Crippen LogP contribution in [0.2, 0.25) is 5.02 Å². The molecule has 0 saturated heterocycles. The SMILES string of the molecule is CCOc1cc(Oc2ccc(Cl)cc2)c(OCC)cc1[N+]#N.O=S(=O)([O-])C(F)(F)F. The van der Waals surface area contributed by atoms with E-state index in [1.165, 1.54) is 0 Å². The van der Waals surface area contributed by atoms with Crippen molar-refractivity contribution in [1.29, 1.82) is 5.39 Å². The molecule has 8 nitrogen and oxygen atoms in total. The van der Waals surface area contributed by atoms with E-state index in [2.05, 4.69) is 4.98 Å². The third kappa shape index (κ3) is 7.58.